The molecule has 15 heavy (non-hydrogen) atoms. The second-order valence-electron chi connectivity index (χ2n) is 3.24. The lowest BCUT2D eigenvalue weighted by molar-refractivity contribution is -0.140. The molecular formula is C10H12ClNO2S. The molecule has 0 bridgehead atoms. The highest BCUT2D eigenvalue weighted by atomic mass is 35.5. The first-order valence-corrected chi connectivity index (χ1v) is 5.78. The van der Waals surface area contributed by atoms with E-state index >= 15 is 0 Å². The third-order valence-corrected chi connectivity index (χ3v) is 3.86. The molecule has 3 nitrogen and oxygen atoms in total. The van der Waals surface area contributed by atoms with E-state index in [4.69, 9.17) is 16.7 Å². The first-order valence-electron chi connectivity index (χ1n) is 4.52. The van der Waals surface area contributed by atoms with Gasteiger partial charge in [0, 0.05) is 11.4 Å². The van der Waals surface area contributed by atoms with Gasteiger partial charge in [-0.2, -0.15) is 0 Å². The first-order chi connectivity index (χ1) is 7.02. The van der Waals surface area contributed by atoms with Gasteiger partial charge in [0.2, 0.25) is 0 Å². The number of rotatable bonds is 4. The Balaban J connectivity index is 2.70. The van der Waals surface area contributed by atoms with Gasteiger partial charge in [0.1, 0.15) is 5.03 Å². The molecule has 0 saturated heterocycles. The molecule has 0 aliphatic rings. The normalized spacial score (nSPS) is 14.6. The lowest BCUT2D eigenvalue weighted by atomic mass is 10.1. The van der Waals surface area contributed by atoms with Crippen molar-refractivity contribution in [1.29, 1.82) is 0 Å². The molecule has 1 heterocycles. The lowest BCUT2D eigenvalue weighted by Gasteiger charge is -2.15. The maximum atomic E-state index is 10.7. The fourth-order valence-corrected chi connectivity index (χ4v) is 2.17. The summed E-state index contributed by atoms with van der Waals surface area (Å²) in [6, 6.07) is 3.49. The van der Waals surface area contributed by atoms with Gasteiger partial charge in [0.25, 0.3) is 0 Å². The Labute approximate surface area is 97.9 Å². The zero-order valence-corrected chi connectivity index (χ0v) is 10.0. The summed E-state index contributed by atoms with van der Waals surface area (Å²) in [5.41, 5.74) is 0. The summed E-state index contributed by atoms with van der Waals surface area (Å²) in [7, 11) is 0. The van der Waals surface area contributed by atoms with Crippen molar-refractivity contribution >= 4 is 29.3 Å². The molecule has 1 rings (SSSR count). The van der Waals surface area contributed by atoms with Crippen LogP contribution in [0.25, 0.3) is 0 Å². The number of hydrogen-bond donors (Lipinski definition) is 1. The summed E-state index contributed by atoms with van der Waals surface area (Å²) in [5, 5.41) is 10.0. The van der Waals surface area contributed by atoms with Crippen molar-refractivity contribution in [3.05, 3.63) is 23.4 Å². The van der Waals surface area contributed by atoms with Crippen LogP contribution in [-0.2, 0) is 4.79 Å². The fourth-order valence-electron chi connectivity index (χ4n) is 0.937. The van der Waals surface area contributed by atoms with Crippen molar-refractivity contribution in [1.82, 2.24) is 4.98 Å². The van der Waals surface area contributed by atoms with Crippen LogP contribution >= 0.6 is 23.4 Å². The molecule has 0 fully saturated rings. The summed E-state index contributed by atoms with van der Waals surface area (Å²) in [5.74, 6) is -1.23. The highest BCUT2D eigenvalue weighted by molar-refractivity contribution is 8.00. The molecule has 0 aliphatic carbocycles. The smallest absolute Gasteiger partial charge is 0.307 e. The summed E-state index contributed by atoms with van der Waals surface area (Å²) in [4.78, 5) is 14.8. The third kappa shape index (κ3) is 3.39. The number of halogens is 1. The molecule has 0 saturated carbocycles. The van der Waals surface area contributed by atoms with Crippen molar-refractivity contribution < 1.29 is 9.90 Å². The van der Waals surface area contributed by atoms with Gasteiger partial charge in [-0.15, -0.1) is 11.8 Å². The first kappa shape index (κ1) is 12.3. The van der Waals surface area contributed by atoms with Crippen molar-refractivity contribution in [2.45, 2.75) is 24.1 Å². The van der Waals surface area contributed by atoms with Gasteiger partial charge >= 0.3 is 5.97 Å². The number of carboxylic acid groups (broad SMARTS) is 1. The average Bonchev–Trinajstić information content (AvgIpc) is 2.20. The standard InChI is InChI=1S/C10H12ClNO2S/c1-6(10(13)14)7(2)15-9-8(11)4-3-5-12-9/h3-7H,1-2H3,(H,13,14). The topological polar surface area (TPSA) is 50.2 Å². The highest BCUT2D eigenvalue weighted by Gasteiger charge is 2.21. The number of thioether (sulfide) groups is 1. The van der Waals surface area contributed by atoms with E-state index < -0.39 is 11.9 Å². The van der Waals surface area contributed by atoms with E-state index in [1.165, 1.54) is 11.8 Å². The van der Waals surface area contributed by atoms with Gasteiger partial charge in [-0.05, 0) is 12.1 Å². The Hall–Kier alpha value is -0.740. The molecule has 0 radical (unpaired) electrons. The van der Waals surface area contributed by atoms with Crippen LogP contribution < -0.4 is 0 Å². The number of nitrogens with zero attached hydrogens (tertiary/aromatic N) is 1. The van der Waals surface area contributed by atoms with Crippen LogP contribution in [0, 0.1) is 5.92 Å². The van der Waals surface area contributed by atoms with E-state index in [1.54, 1.807) is 25.3 Å². The highest BCUT2D eigenvalue weighted by Crippen LogP contribution is 2.31. The molecule has 1 aromatic heterocycles. The van der Waals surface area contributed by atoms with Crippen molar-refractivity contribution in [3.63, 3.8) is 0 Å². The predicted molar refractivity (Wildman–Crippen MR) is 61.4 cm³/mol. The lowest BCUT2D eigenvalue weighted by Crippen LogP contribution is -2.20. The number of pyridine rings is 1. The average molecular weight is 246 g/mol. The van der Waals surface area contributed by atoms with Crippen LogP contribution in [0.3, 0.4) is 0 Å². The maximum absolute atomic E-state index is 10.7. The largest absolute Gasteiger partial charge is 0.481 e. The van der Waals surface area contributed by atoms with Crippen LogP contribution in [-0.4, -0.2) is 21.3 Å². The van der Waals surface area contributed by atoms with Gasteiger partial charge in [-0.1, -0.05) is 25.4 Å². The minimum Gasteiger partial charge on any atom is -0.481 e. The van der Waals surface area contributed by atoms with Gasteiger partial charge in [0.05, 0.1) is 10.9 Å². The van der Waals surface area contributed by atoms with E-state index in [9.17, 15) is 4.79 Å². The number of aliphatic carboxylic acids is 1. The van der Waals surface area contributed by atoms with Gasteiger partial charge in [-0.25, -0.2) is 4.98 Å². The molecule has 5 heteroatoms. The molecule has 0 spiro atoms. The van der Waals surface area contributed by atoms with Crippen molar-refractivity contribution in [2.24, 2.45) is 5.92 Å². The van der Waals surface area contributed by atoms with Gasteiger partial charge in [-0.3, -0.25) is 4.79 Å². The number of hydrogen-bond acceptors (Lipinski definition) is 3. The molecule has 82 valence electrons. The third-order valence-electron chi connectivity index (χ3n) is 2.12. The molecule has 0 aliphatic heterocycles. The Morgan fingerprint density at radius 2 is 2.27 bits per heavy atom. The molecule has 1 N–H and O–H groups in total. The zero-order valence-electron chi connectivity index (χ0n) is 8.48. The second kappa shape index (κ2) is 5.37. The fraction of sp³-hybridized carbons (Fsp3) is 0.400. The monoisotopic (exact) mass is 245 g/mol. The van der Waals surface area contributed by atoms with Crippen LogP contribution in [0.1, 0.15) is 13.8 Å². The minimum absolute atomic E-state index is 0.0603. The number of carboxylic acids is 1. The van der Waals surface area contributed by atoms with Crippen LogP contribution in [0.2, 0.25) is 5.02 Å². The van der Waals surface area contributed by atoms with E-state index in [0.717, 1.165) is 0 Å². The van der Waals surface area contributed by atoms with Crippen LogP contribution in [0.4, 0.5) is 0 Å². The van der Waals surface area contributed by atoms with E-state index in [2.05, 4.69) is 4.98 Å². The zero-order chi connectivity index (χ0) is 11.4. The Morgan fingerprint density at radius 3 is 2.80 bits per heavy atom. The summed E-state index contributed by atoms with van der Waals surface area (Å²) in [6.45, 7) is 3.53. The van der Waals surface area contributed by atoms with Crippen molar-refractivity contribution in [2.75, 3.05) is 0 Å². The Morgan fingerprint density at radius 1 is 1.60 bits per heavy atom. The van der Waals surface area contributed by atoms with E-state index in [1.807, 2.05) is 6.92 Å². The summed E-state index contributed by atoms with van der Waals surface area (Å²) < 4.78 is 0. The summed E-state index contributed by atoms with van der Waals surface area (Å²) in [6.07, 6.45) is 1.65. The van der Waals surface area contributed by atoms with E-state index in [0.29, 0.717) is 10.0 Å². The molecule has 0 amide bonds. The SMILES string of the molecule is CC(Sc1ncccc1Cl)C(C)C(=O)O. The Kier molecular flexibility index (Phi) is 4.42. The van der Waals surface area contributed by atoms with Crippen LogP contribution in [0.5, 0.6) is 0 Å². The predicted octanol–water partition coefficient (Wildman–Crippen LogP) is 2.94. The van der Waals surface area contributed by atoms with E-state index in [-0.39, 0.29) is 5.25 Å². The maximum Gasteiger partial charge on any atom is 0.307 e. The number of aromatic nitrogens is 1. The molecule has 0 aromatic carbocycles. The van der Waals surface area contributed by atoms with Crippen LogP contribution in [0.15, 0.2) is 23.4 Å². The number of carbonyl (C=O) groups is 1. The summed E-state index contributed by atoms with van der Waals surface area (Å²) >= 11 is 7.30. The van der Waals surface area contributed by atoms with Gasteiger partial charge in [0.15, 0.2) is 0 Å². The minimum atomic E-state index is -0.804. The second-order valence-corrected chi connectivity index (χ2v) is 5.01. The molecule has 2 atom stereocenters. The molecule has 1 aromatic rings. The molecular weight excluding hydrogens is 234 g/mol. The van der Waals surface area contributed by atoms with Crippen molar-refractivity contribution in [3.8, 4) is 0 Å². The Bertz CT molecular complexity index is 359. The van der Waals surface area contributed by atoms with Gasteiger partial charge < -0.3 is 5.11 Å². The molecule has 2 unspecified atom stereocenters. The quantitative estimate of drug-likeness (QED) is 0.829.